The van der Waals surface area contributed by atoms with Gasteiger partial charge in [0.25, 0.3) is 0 Å². The van der Waals surface area contributed by atoms with Crippen LogP contribution in [-0.2, 0) is 0 Å². The zero-order valence-electron chi connectivity index (χ0n) is 8.44. The van der Waals surface area contributed by atoms with E-state index in [0.717, 1.165) is 12.8 Å². The van der Waals surface area contributed by atoms with Crippen molar-refractivity contribution >= 4 is 11.8 Å². The summed E-state index contributed by atoms with van der Waals surface area (Å²) in [6.45, 7) is 2.13. The molecular formula is C12H16OS. The van der Waals surface area contributed by atoms with Gasteiger partial charge in [-0.15, -0.1) is 11.8 Å². The van der Waals surface area contributed by atoms with Crippen LogP contribution in [0.1, 0.15) is 24.8 Å². The third-order valence-electron chi connectivity index (χ3n) is 2.79. The Labute approximate surface area is 89.5 Å². The maximum atomic E-state index is 9.72. The maximum absolute atomic E-state index is 9.72. The minimum absolute atomic E-state index is 0.0976. The number of aliphatic hydroxyl groups is 1. The lowest BCUT2D eigenvalue weighted by Gasteiger charge is -2.14. The lowest BCUT2D eigenvalue weighted by Crippen LogP contribution is -2.14. The normalized spacial score (nSPS) is 26.7. The summed E-state index contributed by atoms with van der Waals surface area (Å²) in [6.07, 6.45) is 3.20. The molecule has 2 heteroatoms. The minimum Gasteiger partial charge on any atom is -0.392 e. The van der Waals surface area contributed by atoms with Gasteiger partial charge in [0.05, 0.1) is 6.10 Å². The predicted octanol–water partition coefficient (Wildman–Crippen LogP) is 3.00. The van der Waals surface area contributed by atoms with E-state index in [0.29, 0.717) is 5.25 Å². The van der Waals surface area contributed by atoms with Crippen molar-refractivity contribution in [3.05, 3.63) is 29.8 Å². The van der Waals surface area contributed by atoms with Crippen LogP contribution in [0.2, 0.25) is 0 Å². The fourth-order valence-corrected chi connectivity index (χ4v) is 3.21. The van der Waals surface area contributed by atoms with Crippen LogP contribution in [0.5, 0.6) is 0 Å². The molecule has 1 aromatic rings. The molecule has 0 aromatic heterocycles. The molecule has 0 unspecified atom stereocenters. The summed E-state index contributed by atoms with van der Waals surface area (Å²) in [5.41, 5.74) is 1.32. The van der Waals surface area contributed by atoms with Gasteiger partial charge in [-0.05, 0) is 37.8 Å². The van der Waals surface area contributed by atoms with E-state index in [2.05, 4.69) is 31.2 Å². The first-order chi connectivity index (χ1) is 6.77. The molecule has 0 amide bonds. The van der Waals surface area contributed by atoms with Gasteiger partial charge in [-0.25, -0.2) is 0 Å². The molecule has 0 saturated heterocycles. The quantitative estimate of drug-likeness (QED) is 0.806. The summed E-state index contributed by atoms with van der Waals surface area (Å²) in [7, 11) is 0. The average Bonchev–Trinajstić information content (AvgIpc) is 2.56. The molecule has 14 heavy (non-hydrogen) atoms. The van der Waals surface area contributed by atoms with Crippen LogP contribution < -0.4 is 0 Å². The van der Waals surface area contributed by atoms with Crippen LogP contribution >= 0.6 is 11.8 Å². The minimum atomic E-state index is -0.0976. The highest BCUT2D eigenvalue weighted by atomic mass is 32.2. The fourth-order valence-electron chi connectivity index (χ4n) is 1.90. The predicted molar refractivity (Wildman–Crippen MR) is 60.7 cm³/mol. The molecule has 2 rings (SSSR count). The zero-order valence-corrected chi connectivity index (χ0v) is 9.26. The molecule has 1 saturated carbocycles. The number of benzene rings is 1. The highest BCUT2D eigenvalue weighted by Gasteiger charge is 2.26. The van der Waals surface area contributed by atoms with Crippen LogP contribution in [0.3, 0.4) is 0 Å². The van der Waals surface area contributed by atoms with Crippen LogP contribution in [0.25, 0.3) is 0 Å². The van der Waals surface area contributed by atoms with Crippen molar-refractivity contribution in [1.29, 1.82) is 0 Å². The van der Waals surface area contributed by atoms with Crippen molar-refractivity contribution in [2.24, 2.45) is 0 Å². The summed E-state index contributed by atoms with van der Waals surface area (Å²) in [5.74, 6) is 0. The summed E-state index contributed by atoms with van der Waals surface area (Å²) < 4.78 is 0. The van der Waals surface area contributed by atoms with E-state index in [1.54, 1.807) is 0 Å². The number of rotatable bonds is 2. The van der Waals surface area contributed by atoms with Gasteiger partial charge in [0.15, 0.2) is 0 Å². The Kier molecular flexibility index (Phi) is 3.14. The van der Waals surface area contributed by atoms with E-state index in [1.807, 2.05) is 11.8 Å². The largest absolute Gasteiger partial charge is 0.392 e. The first-order valence-electron chi connectivity index (χ1n) is 5.18. The summed E-state index contributed by atoms with van der Waals surface area (Å²) in [4.78, 5) is 1.32. The van der Waals surface area contributed by atoms with E-state index in [-0.39, 0.29) is 6.10 Å². The van der Waals surface area contributed by atoms with Crippen molar-refractivity contribution < 1.29 is 5.11 Å². The van der Waals surface area contributed by atoms with Crippen molar-refractivity contribution in [3.8, 4) is 0 Å². The first kappa shape index (κ1) is 10.1. The molecule has 0 aliphatic heterocycles. The highest BCUT2D eigenvalue weighted by Crippen LogP contribution is 2.36. The van der Waals surface area contributed by atoms with Gasteiger partial charge >= 0.3 is 0 Å². The smallest absolute Gasteiger partial charge is 0.0662 e. The Morgan fingerprint density at radius 1 is 1.29 bits per heavy atom. The third kappa shape index (κ3) is 2.12. The monoisotopic (exact) mass is 208 g/mol. The molecule has 2 atom stereocenters. The van der Waals surface area contributed by atoms with E-state index < -0.39 is 0 Å². The molecule has 0 spiro atoms. The van der Waals surface area contributed by atoms with Gasteiger partial charge in [0.1, 0.15) is 0 Å². The Morgan fingerprint density at radius 2 is 2.07 bits per heavy atom. The summed E-state index contributed by atoms with van der Waals surface area (Å²) in [5, 5.41) is 10.1. The Bertz CT molecular complexity index is 311. The molecule has 1 N–H and O–H groups in total. The van der Waals surface area contributed by atoms with Crippen LogP contribution in [0, 0.1) is 6.92 Å². The van der Waals surface area contributed by atoms with Crippen LogP contribution in [0.15, 0.2) is 29.2 Å². The van der Waals surface area contributed by atoms with Gasteiger partial charge < -0.3 is 5.11 Å². The van der Waals surface area contributed by atoms with E-state index in [1.165, 1.54) is 16.9 Å². The molecule has 0 radical (unpaired) electrons. The van der Waals surface area contributed by atoms with Crippen LogP contribution in [-0.4, -0.2) is 16.5 Å². The van der Waals surface area contributed by atoms with Gasteiger partial charge in [0.2, 0.25) is 0 Å². The first-order valence-corrected chi connectivity index (χ1v) is 6.05. The molecule has 1 aromatic carbocycles. The fraction of sp³-hybridized carbons (Fsp3) is 0.500. The second-order valence-corrected chi connectivity index (χ2v) is 5.20. The summed E-state index contributed by atoms with van der Waals surface area (Å²) >= 11 is 1.84. The number of aliphatic hydroxyl groups excluding tert-OH is 1. The standard InChI is InChI=1S/C12H16OS/c1-9-5-2-3-7-11(9)14-12-8-4-6-10(12)13/h2-3,5,7,10,12-13H,4,6,8H2,1H3/t10-,12-/m0/s1. The molecule has 1 aliphatic carbocycles. The van der Waals surface area contributed by atoms with Gasteiger partial charge in [-0.2, -0.15) is 0 Å². The van der Waals surface area contributed by atoms with E-state index in [4.69, 9.17) is 0 Å². The van der Waals surface area contributed by atoms with Crippen molar-refractivity contribution in [1.82, 2.24) is 0 Å². The Morgan fingerprint density at radius 3 is 2.71 bits per heavy atom. The summed E-state index contributed by atoms with van der Waals surface area (Å²) in [6, 6.07) is 8.40. The van der Waals surface area contributed by atoms with Crippen LogP contribution in [0.4, 0.5) is 0 Å². The van der Waals surface area contributed by atoms with Gasteiger partial charge in [-0.1, -0.05) is 18.2 Å². The van der Waals surface area contributed by atoms with E-state index >= 15 is 0 Å². The van der Waals surface area contributed by atoms with Gasteiger partial charge in [-0.3, -0.25) is 0 Å². The molecule has 1 nitrogen and oxygen atoms in total. The van der Waals surface area contributed by atoms with Crippen molar-refractivity contribution in [2.75, 3.05) is 0 Å². The lowest BCUT2D eigenvalue weighted by molar-refractivity contribution is 0.188. The second-order valence-electron chi connectivity index (χ2n) is 3.92. The number of aryl methyl sites for hydroxylation is 1. The SMILES string of the molecule is Cc1ccccc1S[C@H]1CCC[C@@H]1O. The molecule has 1 fully saturated rings. The van der Waals surface area contributed by atoms with Crippen molar-refractivity contribution in [2.45, 2.75) is 42.4 Å². The molecular weight excluding hydrogens is 192 g/mol. The second kappa shape index (κ2) is 4.37. The molecule has 76 valence electrons. The Balaban J connectivity index is 2.07. The highest BCUT2D eigenvalue weighted by molar-refractivity contribution is 8.00. The van der Waals surface area contributed by atoms with E-state index in [9.17, 15) is 5.11 Å². The topological polar surface area (TPSA) is 20.2 Å². The lowest BCUT2D eigenvalue weighted by atomic mass is 10.2. The van der Waals surface area contributed by atoms with Gasteiger partial charge in [0, 0.05) is 10.1 Å². The molecule has 0 bridgehead atoms. The third-order valence-corrected chi connectivity index (χ3v) is 4.35. The average molecular weight is 208 g/mol. The Hall–Kier alpha value is -0.470. The number of hydrogen-bond donors (Lipinski definition) is 1. The number of hydrogen-bond acceptors (Lipinski definition) is 2. The molecule has 1 aliphatic rings. The zero-order chi connectivity index (χ0) is 9.97. The number of thioether (sulfide) groups is 1. The molecule has 0 heterocycles. The maximum Gasteiger partial charge on any atom is 0.0662 e. The van der Waals surface area contributed by atoms with Crippen molar-refractivity contribution in [3.63, 3.8) is 0 Å².